The summed E-state index contributed by atoms with van der Waals surface area (Å²) in [6.45, 7) is 1.25. The average Bonchev–Trinajstić information content (AvgIpc) is 2.90. The van der Waals surface area contributed by atoms with E-state index in [2.05, 4.69) is 20.1 Å². The number of esters is 2. The van der Waals surface area contributed by atoms with Gasteiger partial charge in [0.05, 0.1) is 20.3 Å². The zero-order chi connectivity index (χ0) is 26.8. The molecule has 2 aromatic rings. The van der Waals surface area contributed by atoms with Gasteiger partial charge in [0.15, 0.2) is 12.0 Å². The Labute approximate surface area is 207 Å². The first kappa shape index (κ1) is 28.0. The van der Waals surface area contributed by atoms with Crippen molar-refractivity contribution in [1.82, 2.24) is 10.6 Å². The van der Waals surface area contributed by atoms with Gasteiger partial charge < -0.3 is 30.3 Å². The maximum atomic E-state index is 13.0. The molecular formula is C25H28N2O9. The molecule has 0 radical (unpaired) electrons. The number of carbonyl (C=O) groups excluding carboxylic acids is 4. The van der Waals surface area contributed by atoms with E-state index in [0.717, 1.165) is 14.2 Å². The molecular weight excluding hydrogens is 472 g/mol. The standard InChI is InChI=1S/C25H28N2O9/c1-14(17(24(33)35-2)25(34)36-3)18(23(31)32)26-22(30)20(28)19(15-10-6-4-7-11-15)27-21(29)16-12-8-5-9-13-16/h4-14,17-20,28H,1-3H3,(H,26,30)(H,27,29)(H,31,32)/t14-,18+,19+,20-/m1/s1. The molecule has 0 aliphatic heterocycles. The number of carboxylic acid groups (broad SMARTS) is 1. The maximum Gasteiger partial charge on any atom is 0.326 e. The Hall–Kier alpha value is -4.25. The Morgan fingerprint density at radius 2 is 1.31 bits per heavy atom. The molecule has 11 heteroatoms. The van der Waals surface area contributed by atoms with Gasteiger partial charge in [-0.3, -0.25) is 19.2 Å². The van der Waals surface area contributed by atoms with Crippen LogP contribution in [0.1, 0.15) is 28.9 Å². The molecule has 11 nitrogen and oxygen atoms in total. The summed E-state index contributed by atoms with van der Waals surface area (Å²) in [7, 11) is 2.03. The van der Waals surface area contributed by atoms with Gasteiger partial charge >= 0.3 is 17.9 Å². The number of rotatable bonds is 11. The van der Waals surface area contributed by atoms with Gasteiger partial charge in [-0.15, -0.1) is 0 Å². The van der Waals surface area contributed by atoms with E-state index in [-0.39, 0.29) is 5.56 Å². The number of nitrogens with one attached hydrogen (secondary N) is 2. The molecule has 0 unspecified atom stereocenters. The molecule has 36 heavy (non-hydrogen) atoms. The van der Waals surface area contributed by atoms with Crippen LogP contribution >= 0.6 is 0 Å². The molecule has 0 aliphatic rings. The predicted molar refractivity (Wildman–Crippen MR) is 125 cm³/mol. The summed E-state index contributed by atoms with van der Waals surface area (Å²) in [5, 5.41) is 25.4. The van der Waals surface area contributed by atoms with Gasteiger partial charge in [-0.05, 0) is 17.7 Å². The van der Waals surface area contributed by atoms with Crippen LogP contribution in [-0.4, -0.2) is 66.3 Å². The van der Waals surface area contributed by atoms with Crippen molar-refractivity contribution in [1.29, 1.82) is 0 Å². The summed E-state index contributed by atoms with van der Waals surface area (Å²) in [5.41, 5.74) is 0.661. The van der Waals surface area contributed by atoms with Crippen molar-refractivity contribution in [3.8, 4) is 0 Å². The van der Waals surface area contributed by atoms with Crippen LogP contribution in [0.4, 0.5) is 0 Å². The number of aliphatic hydroxyl groups excluding tert-OH is 1. The van der Waals surface area contributed by atoms with E-state index in [4.69, 9.17) is 0 Å². The van der Waals surface area contributed by atoms with Crippen LogP contribution in [0.25, 0.3) is 0 Å². The highest BCUT2D eigenvalue weighted by Gasteiger charge is 2.43. The van der Waals surface area contributed by atoms with Crippen molar-refractivity contribution >= 4 is 29.7 Å². The number of aliphatic carboxylic acids is 1. The second kappa shape index (κ2) is 13.0. The molecule has 0 aliphatic carbocycles. The smallest absolute Gasteiger partial charge is 0.326 e. The number of ether oxygens (including phenoxy) is 2. The first-order chi connectivity index (χ1) is 17.1. The topological polar surface area (TPSA) is 168 Å². The van der Waals surface area contributed by atoms with Crippen molar-refractivity contribution < 1.29 is 43.7 Å². The number of benzene rings is 2. The summed E-state index contributed by atoms with van der Waals surface area (Å²) < 4.78 is 9.16. The van der Waals surface area contributed by atoms with E-state index >= 15 is 0 Å². The van der Waals surface area contributed by atoms with E-state index in [1.165, 1.54) is 6.92 Å². The van der Waals surface area contributed by atoms with Crippen LogP contribution in [0.5, 0.6) is 0 Å². The molecule has 0 saturated heterocycles. The fraction of sp³-hybridized carbons (Fsp3) is 0.320. The number of carbonyl (C=O) groups is 5. The van der Waals surface area contributed by atoms with E-state index < -0.39 is 59.7 Å². The van der Waals surface area contributed by atoms with Crippen LogP contribution in [-0.2, 0) is 28.7 Å². The fourth-order valence-corrected chi connectivity index (χ4v) is 3.60. The zero-order valence-electron chi connectivity index (χ0n) is 19.9. The van der Waals surface area contributed by atoms with Gasteiger partial charge in [-0.2, -0.15) is 0 Å². The lowest BCUT2D eigenvalue weighted by molar-refractivity contribution is -0.163. The predicted octanol–water partition coefficient (Wildman–Crippen LogP) is 0.686. The largest absolute Gasteiger partial charge is 0.480 e. The zero-order valence-corrected chi connectivity index (χ0v) is 19.9. The molecule has 2 amide bonds. The first-order valence-electron chi connectivity index (χ1n) is 10.9. The summed E-state index contributed by atoms with van der Waals surface area (Å²) in [5.74, 6) is -8.35. The highest BCUT2D eigenvalue weighted by Crippen LogP contribution is 2.22. The van der Waals surface area contributed by atoms with Crippen molar-refractivity contribution in [2.75, 3.05) is 14.2 Å². The third kappa shape index (κ3) is 6.89. The second-order valence-electron chi connectivity index (χ2n) is 7.88. The van der Waals surface area contributed by atoms with E-state index in [9.17, 15) is 34.2 Å². The van der Waals surface area contributed by atoms with Gasteiger partial charge in [0, 0.05) is 11.5 Å². The summed E-state index contributed by atoms with van der Waals surface area (Å²) in [6.07, 6.45) is -1.93. The molecule has 0 fully saturated rings. The minimum atomic E-state index is -1.93. The molecule has 2 rings (SSSR count). The highest BCUT2D eigenvalue weighted by molar-refractivity contribution is 5.97. The molecule has 0 spiro atoms. The van der Waals surface area contributed by atoms with Crippen LogP contribution in [0.2, 0.25) is 0 Å². The van der Waals surface area contributed by atoms with Crippen LogP contribution < -0.4 is 10.6 Å². The van der Waals surface area contributed by atoms with Gasteiger partial charge in [0.2, 0.25) is 0 Å². The molecule has 0 saturated carbocycles. The summed E-state index contributed by atoms with van der Waals surface area (Å²) in [6, 6.07) is 13.2. The Morgan fingerprint density at radius 3 is 1.78 bits per heavy atom. The van der Waals surface area contributed by atoms with E-state index in [1.54, 1.807) is 60.7 Å². The monoisotopic (exact) mass is 500 g/mol. The van der Waals surface area contributed by atoms with Crippen LogP contribution in [0.15, 0.2) is 60.7 Å². The van der Waals surface area contributed by atoms with E-state index in [0.29, 0.717) is 5.56 Å². The lowest BCUT2D eigenvalue weighted by Crippen LogP contribution is -2.54. The fourth-order valence-electron chi connectivity index (χ4n) is 3.60. The number of amides is 2. The average molecular weight is 501 g/mol. The number of methoxy groups -OCH3 is 2. The quantitative estimate of drug-likeness (QED) is 0.256. The number of aliphatic hydroxyl groups is 1. The molecule has 4 N–H and O–H groups in total. The summed E-state index contributed by atoms with van der Waals surface area (Å²) >= 11 is 0. The molecule has 192 valence electrons. The van der Waals surface area contributed by atoms with Crippen molar-refractivity contribution in [2.24, 2.45) is 11.8 Å². The van der Waals surface area contributed by atoms with Crippen LogP contribution in [0.3, 0.4) is 0 Å². The first-order valence-corrected chi connectivity index (χ1v) is 10.9. The SMILES string of the molecule is COC(=O)C(C(=O)OC)[C@@H](C)[C@H](NC(=O)[C@H](O)[C@@H](NC(=O)c1ccccc1)c1ccccc1)C(=O)O. The van der Waals surface area contributed by atoms with Crippen molar-refractivity contribution in [3.05, 3.63) is 71.8 Å². The minimum Gasteiger partial charge on any atom is -0.480 e. The maximum absolute atomic E-state index is 13.0. The molecule has 2 aromatic carbocycles. The normalized spacial score (nSPS) is 14.0. The number of hydrogen-bond acceptors (Lipinski definition) is 8. The summed E-state index contributed by atoms with van der Waals surface area (Å²) in [4.78, 5) is 61.9. The Morgan fingerprint density at radius 1 is 0.806 bits per heavy atom. The number of carboxylic acids is 1. The van der Waals surface area contributed by atoms with Gasteiger partial charge in [0.1, 0.15) is 6.04 Å². The van der Waals surface area contributed by atoms with E-state index in [1.807, 2.05) is 0 Å². The lowest BCUT2D eigenvalue weighted by Gasteiger charge is -2.29. The molecule has 0 bridgehead atoms. The molecule has 4 atom stereocenters. The molecule has 0 aromatic heterocycles. The van der Waals surface area contributed by atoms with Gasteiger partial charge in [-0.1, -0.05) is 55.5 Å². The third-order valence-electron chi connectivity index (χ3n) is 5.59. The van der Waals surface area contributed by atoms with Crippen LogP contribution in [0, 0.1) is 11.8 Å². The van der Waals surface area contributed by atoms with Crippen molar-refractivity contribution in [2.45, 2.75) is 25.1 Å². The molecule has 0 heterocycles. The minimum absolute atomic E-state index is 0.280. The number of hydrogen-bond donors (Lipinski definition) is 4. The Kier molecular flexibility index (Phi) is 10.1. The third-order valence-corrected chi connectivity index (χ3v) is 5.59. The van der Waals surface area contributed by atoms with Crippen molar-refractivity contribution in [3.63, 3.8) is 0 Å². The Bertz CT molecular complexity index is 1060. The van der Waals surface area contributed by atoms with Gasteiger partial charge in [-0.25, -0.2) is 4.79 Å². The lowest BCUT2D eigenvalue weighted by atomic mass is 9.87. The highest BCUT2D eigenvalue weighted by atomic mass is 16.5. The van der Waals surface area contributed by atoms with Gasteiger partial charge in [0.25, 0.3) is 11.8 Å². The Balaban J connectivity index is 2.32. The second-order valence-corrected chi connectivity index (χ2v) is 7.88.